The number of hydrogen-bond acceptors (Lipinski definition) is 4. The maximum atomic E-state index is 5.48. The molecule has 0 atom stereocenters. The largest absolute Gasteiger partial charge is 0.536 e. The van der Waals surface area contributed by atoms with Crippen molar-refractivity contribution in [3.8, 4) is 5.75 Å². The second-order valence-corrected chi connectivity index (χ2v) is 6.68. The fourth-order valence-corrected chi connectivity index (χ4v) is 3.98. The molecule has 0 saturated carbocycles. The SMILES string of the molecule is COc1cc([Si](OC)(OC)OC)c(C)cc1C. The number of aryl methyl sites for hydroxylation is 2. The molecular weight excluding hydrogens is 236 g/mol. The minimum atomic E-state index is -2.79. The van der Waals surface area contributed by atoms with Crippen LogP contribution in [0.4, 0.5) is 0 Å². The van der Waals surface area contributed by atoms with Crippen molar-refractivity contribution in [2.45, 2.75) is 13.8 Å². The van der Waals surface area contributed by atoms with Gasteiger partial charge >= 0.3 is 8.80 Å². The Morgan fingerprint density at radius 2 is 1.35 bits per heavy atom. The molecule has 0 aromatic heterocycles. The van der Waals surface area contributed by atoms with E-state index in [-0.39, 0.29) is 0 Å². The molecule has 0 fully saturated rings. The van der Waals surface area contributed by atoms with Crippen LogP contribution in [-0.4, -0.2) is 37.2 Å². The van der Waals surface area contributed by atoms with Gasteiger partial charge in [0, 0.05) is 26.5 Å². The highest BCUT2D eigenvalue weighted by Gasteiger charge is 2.42. The first kappa shape index (κ1) is 14.2. The van der Waals surface area contributed by atoms with Gasteiger partial charge < -0.3 is 18.0 Å². The average Bonchev–Trinajstić information content (AvgIpc) is 2.34. The van der Waals surface area contributed by atoms with Crippen LogP contribution in [0.25, 0.3) is 0 Å². The van der Waals surface area contributed by atoms with E-state index in [1.54, 1.807) is 28.4 Å². The maximum Gasteiger partial charge on any atom is 0.536 e. The zero-order chi connectivity index (χ0) is 13.1. The fraction of sp³-hybridized carbons (Fsp3) is 0.500. The molecular formula is C12H20O4Si. The normalized spacial score (nSPS) is 11.6. The number of rotatable bonds is 5. The average molecular weight is 256 g/mol. The minimum absolute atomic E-state index is 0.814. The monoisotopic (exact) mass is 256 g/mol. The van der Waals surface area contributed by atoms with Crippen LogP contribution in [0, 0.1) is 13.8 Å². The Balaban J connectivity index is 3.38. The zero-order valence-corrected chi connectivity index (χ0v) is 12.3. The Hall–Kier alpha value is -0.883. The predicted octanol–water partition coefficient (Wildman–Crippen LogP) is 1.40. The number of benzene rings is 1. The van der Waals surface area contributed by atoms with Gasteiger partial charge in [0.25, 0.3) is 0 Å². The molecule has 4 nitrogen and oxygen atoms in total. The Bertz CT molecular complexity index is 380. The first-order valence-corrected chi connectivity index (χ1v) is 7.08. The minimum Gasteiger partial charge on any atom is -0.496 e. The van der Waals surface area contributed by atoms with E-state index >= 15 is 0 Å². The second-order valence-electron chi connectivity index (χ2n) is 3.81. The van der Waals surface area contributed by atoms with Crippen LogP contribution in [0.5, 0.6) is 5.75 Å². The van der Waals surface area contributed by atoms with Crippen molar-refractivity contribution in [1.82, 2.24) is 0 Å². The molecule has 1 aromatic carbocycles. The first-order valence-electron chi connectivity index (χ1n) is 5.35. The molecule has 0 heterocycles. The third-order valence-corrected chi connectivity index (χ3v) is 5.69. The molecule has 17 heavy (non-hydrogen) atoms. The van der Waals surface area contributed by atoms with Crippen molar-refractivity contribution in [2.75, 3.05) is 28.4 Å². The molecule has 0 aliphatic carbocycles. The Labute approximate surface area is 104 Å². The lowest BCUT2D eigenvalue weighted by molar-refractivity contribution is 0.140. The van der Waals surface area contributed by atoms with Crippen molar-refractivity contribution in [1.29, 1.82) is 0 Å². The summed E-state index contributed by atoms with van der Waals surface area (Å²) in [5.41, 5.74) is 2.17. The van der Waals surface area contributed by atoms with Crippen LogP contribution >= 0.6 is 0 Å². The van der Waals surface area contributed by atoms with Crippen LogP contribution in [0.3, 0.4) is 0 Å². The van der Waals surface area contributed by atoms with Gasteiger partial charge in [-0.05, 0) is 31.0 Å². The lowest BCUT2D eigenvalue weighted by Crippen LogP contribution is -2.55. The second kappa shape index (κ2) is 5.64. The third-order valence-electron chi connectivity index (χ3n) is 2.88. The highest BCUT2D eigenvalue weighted by Crippen LogP contribution is 2.20. The highest BCUT2D eigenvalue weighted by molar-refractivity contribution is 6.75. The van der Waals surface area contributed by atoms with Gasteiger partial charge in [-0.25, -0.2) is 0 Å². The number of hydrogen-bond donors (Lipinski definition) is 0. The van der Waals surface area contributed by atoms with Crippen molar-refractivity contribution in [3.05, 3.63) is 23.3 Å². The zero-order valence-electron chi connectivity index (χ0n) is 11.3. The number of ether oxygens (including phenoxy) is 1. The molecule has 1 rings (SSSR count). The van der Waals surface area contributed by atoms with Crippen molar-refractivity contribution in [3.63, 3.8) is 0 Å². The van der Waals surface area contributed by atoms with E-state index in [0.717, 1.165) is 22.1 Å². The van der Waals surface area contributed by atoms with Crippen molar-refractivity contribution < 1.29 is 18.0 Å². The van der Waals surface area contributed by atoms with Gasteiger partial charge in [-0.1, -0.05) is 6.07 Å². The molecule has 0 radical (unpaired) electrons. The summed E-state index contributed by atoms with van der Waals surface area (Å²) < 4.78 is 21.8. The molecule has 0 N–H and O–H groups in total. The summed E-state index contributed by atoms with van der Waals surface area (Å²) in [6, 6.07) is 3.99. The smallest absolute Gasteiger partial charge is 0.496 e. The molecule has 0 aliphatic heterocycles. The summed E-state index contributed by atoms with van der Waals surface area (Å²) in [7, 11) is 3.67. The number of methoxy groups -OCH3 is 1. The van der Waals surface area contributed by atoms with Crippen molar-refractivity contribution in [2.24, 2.45) is 0 Å². The quantitative estimate of drug-likeness (QED) is 0.746. The molecule has 96 valence electrons. The fourth-order valence-electron chi connectivity index (χ4n) is 1.96. The molecule has 1 aromatic rings. The van der Waals surface area contributed by atoms with Gasteiger partial charge in [-0.15, -0.1) is 0 Å². The summed E-state index contributed by atoms with van der Waals surface area (Å²) in [5.74, 6) is 0.814. The van der Waals surface area contributed by atoms with Crippen LogP contribution in [-0.2, 0) is 13.3 Å². The van der Waals surface area contributed by atoms with Gasteiger partial charge in [0.2, 0.25) is 0 Å². The van der Waals surface area contributed by atoms with Crippen molar-refractivity contribution >= 4 is 14.0 Å². The summed E-state index contributed by atoms with van der Waals surface area (Å²) in [6.07, 6.45) is 0. The molecule has 0 spiro atoms. The molecule has 5 heteroatoms. The predicted molar refractivity (Wildman–Crippen MR) is 68.9 cm³/mol. The molecule has 0 amide bonds. The van der Waals surface area contributed by atoms with Gasteiger partial charge in [0.1, 0.15) is 5.75 Å². The van der Waals surface area contributed by atoms with E-state index in [1.165, 1.54) is 0 Å². The first-order chi connectivity index (χ1) is 8.04. The maximum absolute atomic E-state index is 5.48. The van der Waals surface area contributed by atoms with Crippen LogP contribution in [0.15, 0.2) is 12.1 Å². The topological polar surface area (TPSA) is 36.9 Å². The van der Waals surface area contributed by atoms with E-state index in [9.17, 15) is 0 Å². The van der Waals surface area contributed by atoms with Crippen LogP contribution in [0.1, 0.15) is 11.1 Å². The van der Waals surface area contributed by atoms with Crippen LogP contribution < -0.4 is 9.92 Å². The third kappa shape index (κ3) is 2.52. The van der Waals surface area contributed by atoms with E-state index in [4.69, 9.17) is 18.0 Å². The molecule has 0 saturated heterocycles. The van der Waals surface area contributed by atoms with Gasteiger partial charge in [-0.2, -0.15) is 0 Å². The summed E-state index contributed by atoms with van der Waals surface area (Å²) in [4.78, 5) is 0. The van der Waals surface area contributed by atoms with Gasteiger partial charge in [-0.3, -0.25) is 0 Å². The Morgan fingerprint density at radius 3 is 1.76 bits per heavy atom. The standard InChI is InChI=1S/C12H20O4Si/c1-9-7-10(2)12(8-11(9)13-3)17(14-4,15-5)16-6/h7-8H,1-6H3. The lowest BCUT2D eigenvalue weighted by atomic mass is 10.1. The van der Waals surface area contributed by atoms with E-state index < -0.39 is 8.80 Å². The lowest BCUT2D eigenvalue weighted by Gasteiger charge is -2.26. The molecule has 0 aliphatic rings. The van der Waals surface area contributed by atoms with E-state index in [1.807, 2.05) is 26.0 Å². The summed E-state index contributed by atoms with van der Waals surface area (Å²) in [6.45, 7) is 4.02. The van der Waals surface area contributed by atoms with Crippen LogP contribution in [0.2, 0.25) is 0 Å². The highest BCUT2D eigenvalue weighted by atomic mass is 28.4. The molecule has 0 bridgehead atoms. The van der Waals surface area contributed by atoms with E-state index in [0.29, 0.717) is 0 Å². The van der Waals surface area contributed by atoms with Gasteiger partial charge in [0.05, 0.1) is 7.11 Å². The molecule has 0 unspecified atom stereocenters. The van der Waals surface area contributed by atoms with E-state index in [2.05, 4.69) is 0 Å². The summed E-state index contributed by atoms with van der Waals surface area (Å²) in [5, 5.41) is 0.937. The Morgan fingerprint density at radius 1 is 0.824 bits per heavy atom. The Kier molecular flexibility index (Phi) is 4.70. The van der Waals surface area contributed by atoms with Gasteiger partial charge in [0.15, 0.2) is 0 Å². The summed E-state index contributed by atoms with van der Waals surface area (Å²) >= 11 is 0.